The molecule has 0 unspecified atom stereocenters. The molecule has 2 rings (SSSR count). The van der Waals surface area contributed by atoms with Gasteiger partial charge in [0.15, 0.2) is 0 Å². The standard InChI is InChI=1S/C25H22I6N6O8/c1-7(38)37(4)21-18(30)11(22(41)33-3)14(26)12(19(21)31)24(43)35-6-9(40)36-20-16(28)10(23(42)34-5-8(39)32-2)15(27)13(17(20)29)25(44)45/h5-6H2,1-4H3,(H,32,39)(H,33,41)(H,34,42)(H,35,43)(H,36,40)(H,44,45). The van der Waals surface area contributed by atoms with Crippen molar-refractivity contribution >= 4 is 188 Å². The molecular formula is C25H22I6N6O8. The van der Waals surface area contributed by atoms with Crippen molar-refractivity contribution in [2.45, 2.75) is 6.92 Å². The van der Waals surface area contributed by atoms with Crippen LogP contribution in [0.15, 0.2) is 0 Å². The lowest BCUT2D eigenvalue weighted by Gasteiger charge is -2.24. The zero-order valence-electron chi connectivity index (χ0n) is 23.4. The number of hydrogen-bond donors (Lipinski definition) is 6. The molecule has 0 aromatic heterocycles. The smallest absolute Gasteiger partial charge is 0.337 e. The van der Waals surface area contributed by atoms with Gasteiger partial charge in [0.25, 0.3) is 17.7 Å². The van der Waals surface area contributed by atoms with Crippen molar-refractivity contribution < 1.29 is 38.7 Å². The second-order valence-electron chi connectivity index (χ2n) is 8.66. The Bertz CT molecular complexity index is 1650. The molecule has 0 aliphatic heterocycles. The van der Waals surface area contributed by atoms with Gasteiger partial charge >= 0.3 is 5.97 Å². The summed E-state index contributed by atoms with van der Waals surface area (Å²) in [6.45, 7) is 0.419. The van der Waals surface area contributed by atoms with Gasteiger partial charge in [-0.2, -0.15) is 0 Å². The number of rotatable bonds is 10. The van der Waals surface area contributed by atoms with Crippen molar-refractivity contribution in [3.63, 3.8) is 0 Å². The summed E-state index contributed by atoms with van der Waals surface area (Å²) in [7, 11) is 4.35. The van der Waals surface area contributed by atoms with E-state index in [-0.39, 0.29) is 51.1 Å². The van der Waals surface area contributed by atoms with Gasteiger partial charge < -0.3 is 36.6 Å². The highest BCUT2D eigenvalue weighted by atomic mass is 127. The number of hydrogen-bond acceptors (Lipinski definition) is 7. The number of carboxylic acids is 1. The molecule has 2 aromatic rings. The minimum absolute atomic E-state index is 0.0315. The molecule has 0 bridgehead atoms. The van der Waals surface area contributed by atoms with E-state index in [1.54, 1.807) is 67.8 Å². The van der Waals surface area contributed by atoms with Crippen LogP contribution in [-0.2, 0) is 14.4 Å². The second-order valence-corrected chi connectivity index (χ2v) is 15.1. The molecule has 45 heavy (non-hydrogen) atoms. The van der Waals surface area contributed by atoms with E-state index in [4.69, 9.17) is 0 Å². The maximum atomic E-state index is 13.5. The molecule has 0 fully saturated rings. The first-order valence-electron chi connectivity index (χ1n) is 12.1. The third kappa shape index (κ3) is 9.18. The van der Waals surface area contributed by atoms with E-state index >= 15 is 0 Å². The van der Waals surface area contributed by atoms with Crippen molar-refractivity contribution in [1.82, 2.24) is 21.3 Å². The Morgan fingerprint density at radius 3 is 1.49 bits per heavy atom. The summed E-state index contributed by atoms with van der Waals surface area (Å²) >= 11 is 11.0. The Kier molecular flexibility index (Phi) is 15.7. The lowest BCUT2D eigenvalue weighted by molar-refractivity contribution is -0.119. The van der Waals surface area contributed by atoms with Crippen molar-refractivity contribution in [3.05, 3.63) is 43.7 Å². The highest BCUT2D eigenvalue weighted by molar-refractivity contribution is 14.1. The lowest BCUT2D eigenvalue weighted by Crippen LogP contribution is -2.37. The van der Waals surface area contributed by atoms with Crippen LogP contribution in [0, 0.1) is 21.4 Å². The van der Waals surface area contributed by atoms with Crippen molar-refractivity contribution in [1.29, 1.82) is 0 Å². The first kappa shape index (κ1) is 40.3. The molecule has 6 N–H and O–H groups in total. The maximum Gasteiger partial charge on any atom is 0.337 e. The predicted molar refractivity (Wildman–Crippen MR) is 216 cm³/mol. The van der Waals surface area contributed by atoms with E-state index in [0.717, 1.165) is 0 Å². The monoisotopic (exact) mass is 1300 g/mol. The molecule has 0 aliphatic rings. The zero-order chi connectivity index (χ0) is 34.5. The first-order valence-corrected chi connectivity index (χ1v) is 18.6. The fourth-order valence-corrected chi connectivity index (χ4v) is 12.8. The summed E-state index contributed by atoms with van der Waals surface area (Å²) in [6, 6.07) is 0. The number of nitrogens with zero attached hydrogens (tertiary/aromatic N) is 1. The second kappa shape index (κ2) is 17.5. The van der Waals surface area contributed by atoms with Crippen LogP contribution in [0.3, 0.4) is 0 Å². The van der Waals surface area contributed by atoms with Crippen LogP contribution < -0.4 is 31.5 Å². The average Bonchev–Trinajstić information content (AvgIpc) is 2.96. The van der Waals surface area contributed by atoms with Crippen LogP contribution in [-0.4, -0.2) is 80.8 Å². The predicted octanol–water partition coefficient (Wildman–Crippen LogP) is 3.20. The SMILES string of the molecule is CNC(=O)CNC(=O)c1c(I)c(NC(=O)CNC(=O)c2c(I)c(C(=O)NC)c(I)c(N(C)C(C)=O)c2I)c(I)c(C(=O)O)c1I. The summed E-state index contributed by atoms with van der Waals surface area (Å²) in [6.07, 6.45) is 0. The minimum Gasteiger partial charge on any atom is -0.478 e. The van der Waals surface area contributed by atoms with Gasteiger partial charge in [-0.3, -0.25) is 28.8 Å². The molecule has 0 spiro atoms. The maximum absolute atomic E-state index is 13.5. The molecule has 0 saturated carbocycles. The third-order valence-electron chi connectivity index (χ3n) is 5.90. The summed E-state index contributed by atoms with van der Waals surface area (Å²) in [4.78, 5) is 89.6. The van der Waals surface area contributed by atoms with Crippen LogP contribution in [0.5, 0.6) is 0 Å². The molecule has 2 aromatic carbocycles. The van der Waals surface area contributed by atoms with E-state index in [0.29, 0.717) is 16.4 Å². The number of carbonyl (C=O) groups excluding carboxylic acids is 6. The number of halogens is 6. The molecule has 0 saturated heterocycles. The van der Waals surface area contributed by atoms with Crippen molar-refractivity contribution in [3.8, 4) is 0 Å². The number of anilines is 2. The van der Waals surface area contributed by atoms with E-state index < -0.39 is 42.0 Å². The van der Waals surface area contributed by atoms with Gasteiger partial charge in [-0.1, -0.05) is 0 Å². The molecule has 0 heterocycles. The molecule has 0 aliphatic carbocycles. The highest BCUT2D eigenvalue weighted by Gasteiger charge is 2.31. The van der Waals surface area contributed by atoms with E-state index in [1.165, 1.54) is 33.0 Å². The summed E-state index contributed by atoms with van der Waals surface area (Å²) < 4.78 is 1.61. The number of aromatic carboxylic acids is 1. The Hall–Kier alpha value is -0.890. The van der Waals surface area contributed by atoms with Gasteiger partial charge in [0.2, 0.25) is 17.7 Å². The highest BCUT2D eigenvalue weighted by Crippen LogP contribution is 2.38. The van der Waals surface area contributed by atoms with Crippen LogP contribution in [0.1, 0.15) is 48.4 Å². The van der Waals surface area contributed by atoms with Gasteiger partial charge in [-0.25, -0.2) is 4.79 Å². The number of amides is 6. The summed E-state index contributed by atoms with van der Waals surface area (Å²) in [5.74, 6) is -4.78. The van der Waals surface area contributed by atoms with E-state index in [2.05, 4.69) is 26.6 Å². The number of carboxylic acid groups (broad SMARTS) is 1. The number of nitrogens with one attached hydrogen (secondary N) is 5. The van der Waals surface area contributed by atoms with Gasteiger partial charge in [-0.05, 0) is 136 Å². The van der Waals surface area contributed by atoms with Gasteiger partial charge in [0.1, 0.15) is 0 Å². The fraction of sp³-hybridized carbons (Fsp3) is 0.240. The third-order valence-corrected chi connectivity index (χ3v) is 12.3. The van der Waals surface area contributed by atoms with Crippen LogP contribution in [0.2, 0.25) is 0 Å². The summed E-state index contributed by atoms with van der Waals surface area (Å²) in [5.41, 5.74) is 0.362. The molecule has 6 amide bonds. The van der Waals surface area contributed by atoms with Gasteiger partial charge in [0.05, 0.1) is 61.0 Å². The Morgan fingerprint density at radius 2 is 1.04 bits per heavy atom. The number of carbonyl (C=O) groups is 7. The zero-order valence-corrected chi connectivity index (χ0v) is 36.4. The molecule has 0 radical (unpaired) electrons. The van der Waals surface area contributed by atoms with Gasteiger partial charge in [-0.15, -0.1) is 0 Å². The van der Waals surface area contributed by atoms with Crippen molar-refractivity contribution in [2.75, 3.05) is 44.4 Å². The average molecular weight is 1300 g/mol. The lowest BCUT2D eigenvalue weighted by atomic mass is 10.1. The largest absolute Gasteiger partial charge is 0.478 e. The Morgan fingerprint density at radius 1 is 0.622 bits per heavy atom. The Labute approximate surface area is 338 Å². The number of benzene rings is 2. The fourth-order valence-electron chi connectivity index (χ4n) is 3.56. The molecule has 20 heteroatoms. The molecule has 14 nitrogen and oxygen atoms in total. The molecule has 242 valence electrons. The summed E-state index contributed by atoms with van der Waals surface area (Å²) in [5, 5.41) is 22.3. The Balaban J connectivity index is 2.50. The molecule has 0 atom stereocenters. The topological polar surface area (TPSA) is 203 Å². The quantitative estimate of drug-likeness (QED) is 0.195. The van der Waals surface area contributed by atoms with Crippen LogP contribution in [0.4, 0.5) is 11.4 Å². The first-order chi connectivity index (χ1) is 20.9. The van der Waals surface area contributed by atoms with E-state index in [9.17, 15) is 38.7 Å². The van der Waals surface area contributed by atoms with Crippen LogP contribution >= 0.6 is 136 Å². The molecular weight excluding hydrogens is 1270 g/mol. The van der Waals surface area contributed by atoms with Gasteiger partial charge in [0, 0.05) is 35.2 Å². The minimum atomic E-state index is -1.34. The van der Waals surface area contributed by atoms with E-state index in [1.807, 2.05) is 67.8 Å². The normalized spacial score (nSPS) is 10.4. The number of likely N-dealkylation sites (N-methyl/N-ethyl adjacent to an activating group) is 1. The van der Waals surface area contributed by atoms with Crippen molar-refractivity contribution in [2.24, 2.45) is 0 Å². The van der Waals surface area contributed by atoms with Crippen LogP contribution in [0.25, 0.3) is 0 Å².